The van der Waals surface area contributed by atoms with Crippen molar-refractivity contribution in [1.29, 1.82) is 0 Å². The van der Waals surface area contributed by atoms with Gasteiger partial charge >= 0.3 is 5.97 Å². The fraction of sp³-hybridized carbons (Fsp3) is 0.417. The highest BCUT2D eigenvalue weighted by Crippen LogP contribution is 2.18. The molecule has 5 heteroatoms. The summed E-state index contributed by atoms with van der Waals surface area (Å²) in [6.45, 7) is 4.67. The topological polar surface area (TPSA) is 26.3 Å². The normalized spacial score (nSPS) is 11.4. The van der Waals surface area contributed by atoms with Crippen molar-refractivity contribution >= 4 is 5.97 Å². The summed E-state index contributed by atoms with van der Waals surface area (Å²) in [5, 5.41) is 0. The largest absolute Gasteiger partial charge is 0.460 e. The molecule has 0 amide bonds. The third-order valence-electron chi connectivity index (χ3n) is 2.03. The molecule has 0 aliphatic heterocycles. The van der Waals surface area contributed by atoms with Gasteiger partial charge in [0.2, 0.25) is 0 Å². The zero-order chi connectivity index (χ0) is 13.2. The van der Waals surface area contributed by atoms with Crippen molar-refractivity contribution in [3.8, 4) is 0 Å². The summed E-state index contributed by atoms with van der Waals surface area (Å²) < 4.78 is 43.2. The number of carbonyl (C=O) groups excluding carboxylic acids is 1. The molecule has 0 aliphatic carbocycles. The van der Waals surface area contributed by atoms with Crippen LogP contribution in [0.2, 0.25) is 0 Å². The van der Waals surface area contributed by atoms with Gasteiger partial charge in [0, 0.05) is 0 Å². The number of ether oxygens (including phenoxy) is 1. The molecular formula is C12H13F3O2. The lowest BCUT2D eigenvalue weighted by Gasteiger charge is -2.16. The van der Waals surface area contributed by atoms with E-state index in [9.17, 15) is 18.0 Å². The first-order valence-electron chi connectivity index (χ1n) is 5.02. The second kappa shape index (κ2) is 4.77. The number of hydrogen-bond donors (Lipinski definition) is 0. The molecule has 1 rings (SSSR count). The van der Waals surface area contributed by atoms with Gasteiger partial charge in [-0.15, -0.1) is 0 Å². The van der Waals surface area contributed by atoms with E-state index >= 15 is 0 Å². The molecule has 94 valence electrons. The van der Waals surface area contributed by atoms with E-state index in [0.29, 0.717) is 0 Å². The highest BCUT2D eigenvalue weighted by molar-refractivity contribution is 5.75. The molecule has 1 aromatic carbocycles. The Kier molecular flexibility index (Phi) is 3.80. The number of hydrogen-bond acceptors (Lipinski definition) is 2. The van der Waals surface area contributed by atoms with Gasteiger partial charge in [-0.25, -0.2) is 13.2 Å². The van der Waals surface area contributed by atoms with Gasteiger partial charge in [0.25, 0.3) is 0 Å². The maximum absolute atomic E-state index is 12.8. The summed E-state index contributed by atoms with van der Waals surface area (Å²) in [7, 11) is 0. The molecule has 0 unspecified atom stereocenters. The number of benzene rings is 1. The molecular weight excluding hydrogens is 233 g/mol. The zero-order valence-electron chi connectivity index (χ0n) is 9.81. The lowest BCUT2D eigenvalue weighted by Crippen LogP contribution is -2.22. The maximum Gasteiger partial charge on any atom is 0.311 e. The van der Waals surface area contributed by atoms with Gasteiger partial charge in [-0.05, 0) is 38.5 Å². The van der Waals surface area contributed by atoms with Crippen LogP contribution in [-0.2, 0) is 16.1 Å². The second-order valence-electron chi connectivity index (χ2n) is 4.70. The average Bonchev–Trinajstić information content (AvgIpc) is 2.20. The van der Waals surface area contributed by atoms with Crippen LogP contribution in [0, 0.1) is 22.9 Å². The molecule has 0 aromatic heterocycles. The van der Waals surface area contributed by atoms with Crippen LogP contribution in [-0.4, -0.2) is 5.97 Å². The van der Waals surface area contributed by atoms with Crippen LogP contribution in [0.15, 0.2) is 12.1 Å². The van der Waals surface area contributed by atoms with Crippen molar-refractivity contribution in [2.45, 2.75) is 27.4 Å². The Hall–Kier alpha value is -1.52. The van der Waals surface area contributed by atoms with Crippen LogP contribution in [0.1, 0.15) is 26.3 Å². The third-order valence-corrected chi connectivity index (χ3v) is 2.03. The van der Waals surface area contributed by atoms with Gasteiger partial charge in [-0.2, -0.15) is 0 Å². The molecule has 0 heterocycles. The van der Waals surface area contributed by atoms with Crippen LogP contribution < -0.4 is 0 Å². The summed E-state index contributed by atoms with van der Waals surface area (Å²) in [6, 6.07) is 1.60. The fourth-order valence-corrected chi connectivity index (χ4v) is 1.06. The summed E-state index contributed by atoms with van der Waals surface area (Å²) in [6.07, 6.45) is 0. The molecule has 2 nitrogen and oxygen atoms in total. The smallest absolute Gasteiger partial charge is 0.311 e. The minimum Gasteiger partial charge on any atom is -0.460 e. The van der Waals surface area contributed by atoms with E-state index in [1.165, 1.54) is 0 Å². The van der Waals surface area contributed by atoms with Crippen molar-refractivity contribution in [3.05, 3.63) is 35.1 Å². The number of esters is 1. The molecule has 0 N–H and O–H groups in total. The molecule has 0 saturated heterocycles. The van der Waals surface area contributed by atoms with Crippen LogP contribution in [0.3, 0.4) is 0 Å². The van der Waals surface area contributed by atoms with E-state index in [0.717, 1.165) is 12.1 Å². The molecule has 0 radical (unpaired) electrons. The van der Waals surface area contributed by atoms with Gasteiger partial charge in [-0.3, -0.25) is 4.79 Å². The van der Waals surface area contributed by atoms with Gasteiger partial charge in [-0.1, -0.05) is 0 Å². The second-order valence-corrected chi connectivity index (χ2v) is 4.70. The first-order chi connectivity index (χ1) is 7.71. The maximum atomic E-state index is 12.8. The van der Waals surface area contributed by atoms with E-state index in [-0.39, 0.29) is 12.2 Å². The molecule has 0 bridgehead atoms. The predicted molar refractivity (Wildman–Crippen MR) is 55.6 cm³/mol. The van der Waals surface area contributed by atoms with Gasteiger partial charge in [0.05, 0.1) is 5.41 Å². The lowest BCUT2D eigenvalue weighted by atomic mass is 9.97. The first kappa shape index (κ1) is 13.5. The summed E-state index contributed by atoms with van der Waals surface area (Å²) in [5.41, 5.74) is -0.629. The van der Waals surface area contributed by atoms with E-state index in [1.54, 1.807) is 20.8 Å². The van der Waals surface area contributed by atoms with Crippen LogP contribution in [0.25, 0.3) is 0 Å². The van der Waals surface area contributed by atoms with Crippen LogP contribution >= 0.6 is 0 Å². The monoisotopic (exact) mass is 246 g/mol. The van der Waals surface area contributed by atoms with E-state index in [4.69, 9.17) is 4.74 Å². The van der Waals surface area contributed by atoms with E-state index in [1.807, 2.05) is 0 Å². The molecule has 0 fully saturated rings. The molecule has 0 saturated carbocycles. The number of carbonyl (C=O) groups is 1. The minimum absolute atomic E-state index is 0.0685. The number of halogens is 3. The highest BCUT2D eigenvalue weighted by atomic mass is 19.2. The lowest BCUT2D eigenvalue weighted by molar-refractivity contribution is -0.154. The standard InChI is InChI=1S/C12H13F3O2/c1-12(2,3)11(16)17-6-7-4-8(13)10(15)9(14)5-7/h4-5H,6H2,1-3H3. The molecule has 17 heavy (non-hydrogen) atoms. The van der Waals surface area contributed by atoms with Gasteiger partial charge in [0.15, 0.2) is 17.5 Å². The van der Waals surface area contributed by atoms with Crippen molar-refractivity contribution in [2.24, 2.45) is 5.41 Å². The Morgan fingerprint density at radius 2 is 1.65 bits per heavy atom. The van der Waals surface area contributed by atoms with Crippen molar-refractivity contribution in [1.82, 2.24) is 0 Å². The average molecular weight is 246 g/mol. The molecule has 1 aromatic rings. The SMILES string of the molecule is CC(C)(C)C(=O)OCc1cc(F)c(F)c(F)c1. The third kappa shape index (κ3) is 3.47. The molecule has 0 spiro atoms. The van der Waals surface area contributed by atoms with Gasteiger partial charge < -0.3 is 4.74 Å². The van der Waals surface area contributed by atoms with Crippen molar-refractivity contribution in [3.63, 3.8) is 0 Å². The Labute approximate surface area is 97.4 Å². The summed E-state index contributed by atoms with van der Waals surface area (Å²) in [5.74, 6) is -4.63. The zero-order valence-corrected chi connectivity index (χ0v) is 9.81. The fourth-order valence-electron chi connectivity index (χ4n) is 1.06. The van der Waals surface area contributed by atoms with Crippen LogP contribution in [0.4, 0.5) is 13.2 Å². The summed E-state index contributed by atoms with van der Waals surface area (Å²) >= 11 is 0. The quantitative estimate of drug-likeness (QED) is 0.591. The Morgan fingerprint density at radius 1 is 1.18 bits per heavy atom. The molecule has 0 atom stereocenters. The minimum atomic E-state index is -1.53. The van der Waals surface area contributed by atoms with E-state index in [2.05, 4.69) is 0 Å². The Morgan fingerprint density at radius 3 is 2.06 bits per heavy atom. The van der Waals surface area contributed by atoms with Crippen LogP contribution in [0.5, 0.6) is 0 Å². The number of rotatable bonds is 2. The predicted octanol–water partition coefficient (Wildman–Crippen LogP) is 3.19. The van der Waals surface area contributed by atoms with Crippen molar-refractivity contribution in [2.75, 3.05) is 0 Å². The van der Waals surface area contributed by atoms with Gasteiger partial charge in [0.1, 0.15) is 6.61 Å². The first-order valence-corrected chi connectivity index (χ1v) is 5.02. The van der Waals surface area contributed by atoms with Crippen molar-refractivity contribution < 1.29 is 22.7 Å². The Bertz CT molecular complexity index is 413. The Balaban J connectivity index is 2.74. The van der Waals surface area contributed by atoms with E-state index < -0.39 is 28.8 Å². The highest BCUT2D eigenvalue weighted by Gasteiger charge is 2.23. The summed E-state index contributed by atoms with van der Waals surface area (Å²) in [4.78, 5) is 11.4. The molecule has 0 aliphatic rings.